The lowest BCUT2D eigenvalue weighted by molar-refractivity contribution is -0.195. The van der Waals surface area contributed by atoms with Gasteiger partial charge in [0.15, 0.2) is 0 Å². The zero-order chi connectivity index (χ0) is 8.77. The fraction of sp³-hybridized carbons (Fsp3) is 0.714. The van der Waals surface area contributed by atoms with Gasteiger partial charge in [0.25, 0.3) is 5.79 Å². The van der Waals surface area contributed by atoms with Gasteiger partial charge in [0.05, 0.1) is 12.8 Å². The van der Waals surface area contributed by atoms with Crippen LogP contribution in [-0.2, 0) is 19.1 Å². The van der Waals surface area contributed by atoms with Gasteiger partial charge in [-0.25, -0.2) is 0 Å². The Morgan fingerprint density at radius 1 is 1.33 bits per heavy atom. The molecule has 0 aromatic carbocycles. The Balaban J connectivity index is 2.21. The van der Waals surface area contributed by atoms with E-state index in [-0.39, 0.29) is 23.2 Å². The summed E-state index contributed by atoms with van der Waals surface area (Å²) in [4.78, 5) is 21.5. The van der Waals surface area contributed by atoms with Crippen LogP contribution in [0.25, 0.3) is 0 Å². The quantitative estimate of drug-likeness (QED) is 0.458. The average molecular weight is 235 g/mol. The van der Waals surface area contributed by atoms with Crippen molar-refractivity contribution in [1.82, 2.24) is 0 Å². The van der Waals surface area contributed by atoms with Gasteiger partial charge in [0.1, 0.15) is 4.83 Å². The van der Waals surface area contributed by atoms with Gasteiger partial charge in [-0.05, 0) is 0 Å². The summed E-state index contributed by atoms with van der Waals surface area (Å²) in [6.07, 6.45) is 1.07. The second kappa shape index (κ2) is 2.45. The lowest BCUT2D eigenvalue weighted by Gasteiger charge is -2.22. The van der Waals surface area contributed by atoms with E-state index in [0.717, 1.165) is 0 Å². The molecular weight excluding hydrogens is 228 g/mol. The lowest BCUT2D eigenvalue weighted by atomic mass is 10.1. The molecule has 0 aromatic heterocycles. The van der Waals surface area contributed by atoms with Crippen molar-refractivity contribution < 1.29 is 19.1 Å². The zero-order valence-corrected chi connectivity index (χ0v) is 7.80. The van der Waals surface area contributed by atoms with E-state index >= 15 is 0 Å². The molecule has 2 heterocycles. The molecule has 12 heavy (non-hydrogen) atoms. The molecule has 2 rings (SSSR count). The van der Waals surface area contributed by atoms with Gasteiger partial charge in [0, 0.05) is 6.42 Å². The maximum Gasteiger partial charge on any atom is 0.310 e. The van der Waals surface area contributed by atoms with Gasteiger partial charge in [-0.2, -0.15) is 0 Å². The maximum atomic E-state index is 10.9. The second-order valence-electron chi connectivity index (χ2n) is 2.93. The molecule has 2 atom stereocenters. The standard InChI is InChI=1S/C7H7BrO4/c8-4-3-6(10)12-7(4)2-1-5(9)11-7/h4H,1-3H2. The van der Waals surface area contributed by atoms with Crippen molar-refractivity contribution in [2.75, 3.05) is 0 Å². The summed E-state index contributed by atoms with van der Waals surface area (Å²) < 4.78 is 9.93. The van der Waals surface area contributed by atoms with Crippen LogP contribution in [0.5, 0.6) is 0 Å². The van der Waals surface area contributed by atoms with Gasteiger partial charge in [-0.1, -0.05) is 15.9 Å². The molecule has 1 spiro atoms. The molecule has 0 N–H and O–H groups in total. The number of halogens is 1. The number of rotatable bonds is 0. The lowest BCUT2D eigenvalue weighted by Crippen LogP contribution is -2.35. The number of alkyl halides is 1. The van der Waals surface area contributed by atoms with Gasteiger partial charge in [0.2, 0.25) is 0 Å². The summed E-state index contributed by atoms with van der Waals surface area (Å²) in [6, 6.07) is 0. The first-order chi connectivity index (χ1) is 5.62. The summed E-state index contributed by atoms with van der Waals surface area (Å²) in [5.41, 5.74) is 0. The maximum absolute atomic E-state index is 10.9. The van der Waals surface area contributed by atoms with E-state index in [9.17, 15) is 9.59 Å². The van der Waals surface area contributed by atoms with Crippen LogP contribution in [0, 0.1) is 0 Å². The predicted molar refractivity (Wildman–Crippen MR) is 41.5 cm³/mol. The van der Waals surface area contributed by atoms with E-state index in [2.05, 4.69) is 15.9 Å². The average Bonchev–Trinajstić information content (AvgIpc) is 2.43. The third kappa shape index (κ3) is 1.03. The third-order valence-electron chi connectivity index (χ3n) is 2.07. The highest BCUT2D eigenvalue weighted by Gasteiger charge is 2.54. The fourth-order valence-electron chi connectivity index (χ4n) is 1.46. The molecular formula is C7H7BrO4. The fourth-order valence-corrected chi connectivity index (χ4v) is 2.14. The molecule has 0 amide bonds. The highest BCUT2D eigenvalue weighted by atomic mass is 79.9. The Bertz CT molecular complexity index is 248. The number of hydrogen-bond donors (Lipinski definition) is 0. The molecule has 2 aliphatic heterocycles. The largest absolute Gasteiger partial charge is 0.421 e. The van der Waals surface area contributed by atoms with Crippen LogP contribution in [0.3, 0.4) is 0 Å². The van der Waals surface area contributed by atoms with Crippen molar-refractivity contribution in [3.63, 3.8) is 0 Å². The molecule has 0 saturated carbocycles. The third-order valence-corrected chi connectivity index (χ3v) is 3.10. The number of ether oxygens (including phenoxy) is 2. The molecule has 0 bridgehead atoms. The minimum absolute atomic E-state index is 0.191. The molecule has 0 aliphatic carbocycles. The Kier molecular flexibility index (Phi) is 1.64. The first-order valence-electron chi connectivity index (χ1n) is 3.70. The summed E-state index contributed by atoms with van der Waals surface area (Å²) in [6.45, 7) is 0. The van der Waals surface area contributed by atoms with Crippen molar-refractivity contribution in [2.24, 2.45) is 0 Å². The van der Waals surface area contributed by atoms with Crippen LogP contribution in [0.15, 0.2) is 0 Å². The van der Waals surface area contributed by atoms with Crippen molar-refractivity contribution in [3.8, 4) is 0 Å². The number of esters is 2. The van der Waals surface area contributed by atoms with Gasteiger partial charge in [-0.3, -0.25) is 9.59 Å². The van der Waals surface area contributed by atoms with E-state index in [4.69, 9.17) is 9.47 Å². The monoisotopic (exact) mass is 234 g/mol. The van der Waals surface area contributed by atoms with Crippen molar-refractivity contribution in [3.05, 3.63) is 0 Å². The molecule has 0 radical (unpaired) electrons. The highest BCUT2D eigenvalue weighted by Crippen LogP contribution is 2.41. The van der Waals surface area contributed by atoms with Crippen LogP contribution in [0.4, 0.5) is 0 Å². The first-order valence-corrected chi connectivity index (χ1v) is 4.62. The SMILES string of the molecule is O=C1CCC2(O1)OC(=O)CC2Br. The van der Waals surface area contributed by atoms with Gasteiger partial charge >= 0.3 is 11.9 Å². The molecule has 5 heteroatoms. The molecule has 2 fully saturated rings. The summed E-state index contributed by atoms with van der Waals surface area (Å²) in [5.74, 6) is -1.60. The van der Waals surface area contributed by atoms with Crippen LogP contribution in [0.1, 0.15) is 19.3 Å². The van der Waals surface area contributed by atoms with Crippen molar-refractivity contribution >= 4 is 27.9 Å². The zero-order valence-electron chi connectivity index (χ0n) is 6.21. The highest BCUT2D eigenvalue weighted by molar-refractivity contribution is 9.09. The van der Waals surface area contributed by atoms with Gasteiger partial charge in [-0.15, -0.1) is 0 Å². The van der Waals surface area contributed by atoms with Crippen LogP contribution >= 0.6 is 15.9 Å². The molecule has 4 nitrogen and oxygen atoms in total. The van der Waals surface area contributed by atoms with E-state index in [0.29, 0.717) is 12.8 Å². The van der Waals surface area contributed by atoms with Crippen molar-refractivity contribution in [1.29, 1.82) is 0 Å². The van der Waals surface area contributed by atoms with Crippen molar-refractivity contribution in [2.45, 2.75) is 29.9 Å². The molecule has 2 aliphatic rings. The first kappa shape index (κ1) is 8.04. The van der Waals surface area contributed by atoms with Crippen LogP contribution in [-0.4, -0.2) is 22.6 Å². The predicted octanol–water partition coefficient (Wildman–Crippen LogP) is 0.730. The smallest absolute Gasteiger partial charge is 0.310 e. The number of carbonyl (C=O) groups is 2. The van der Waals surface area contributed by atoms with E-state index in [1.54, 1.807) is 0 Å². The summed E-state index contributed by atoms with van der Waals surface area (Å²) in [5, 5.41) is 0. The van der Waals surface area contributed by atoms with Crippen LogP contribution in [0.2, 0.25) is 0 Å². The topological polar surface area (TPSA) is 52.6 Å². The molecule has 2 saturated heterocycles. The second-order valence-corrected chi connectivity index (χ2v) is 4.04. The Hall–Kier alpha value is -0.580. The Labute approximate surface area is 77.3 Å². The Morgan fingerprint density at radius 3 is 2.42 bits per heavy atom. The van der Waals surface area contributed by atoms with E-state index in [1.807, 2.05) is 0 Å². The summed E-state index contributed by atoms with van der Waals surface area (Å²) >= 11 is 3.27. The van der Waals surface area contributed by atoms with E-state index < -0.39 is 5.79 Å². The minimum atomic E-state index is -0.992. The number of carbonyl (C=O) groups excluding carboxylic acids is 2. The van der Waals surface area contributed by atoms with Gasteiger partial charge < -0.3 is 9.47 Å². The summed E-state index contributed by atoms with van der Waals surface area (Å²) in [7, 11) is 0. The normalized spacial score (nSPS) is 40.2. The molecule has 66 valence electrons. The Morgan fingerprint density at radius 2 is 2.00 bits per heavy atom. The molecule has 0 aromatic rings. The van der Waals surface area contributed by atoms with Crippen LogP contribution < -0.4 is 0 Å². The number of hydrogen-bond acceptors (Lipinski definition) is 4. The van der Waals surface area contributed by atoms with E-state index in [1.165, 1.54) is 0 Å². The molecule has 2 unspecified atom stereocenters. The minimum Gasteiger partial charge on any atom is -0.421 e.